The van der Waals surface area contributed by atoms with Crippen molar-refractivity contribution in [1.29, 1.82) is 0 Å². The average molecular weight is 566 g/mol. The lowest BCUT2D eigenvalue weighted by atomic mass is 9.92. The van der Waals surface area contributed by atoms with Crippen LogP contribution in [0.3, 0.4) is 0 Å². The van der Waals surface area contributed by atoms with Crippen LogP contribution in [0.15, 0.2) is 42.5 Å². The van der Waals surface area contributed by atoms with Gasteiger partial charge in [0.2, 0.25) is 0 Å². The standard InChI is InChI=1S/C33H44ClN3O3/c1-24(2)23-40-33(38)37-20-16-28-29-22-26(34)12-15-30(29)35-31(28)32(37)25-10-13-27(14-11-25)39-21-9-4-3-6-17-36-18-7-5-8-19-36/h10-15,22,24,32,35H,3-9,16-21,23H2,1-2H3. The van der Waals surface area contributed by atoms with Crippen molar-refractivity contribution in [2.45, 2.75) is 71.3 Å². The number of likely N-dealkylation sites (tertiary alicyclic amines) is 1. The number of unbranched alkanes of at least 4 members (excludes halogenated alkanes) is 3. The number of halogens is 1. The first-order chi connectivity index (χ1) is 19.5. The van der Waals surface area contributed by atoms with Crippen LogP contribution in [-0.4, -0.2) is 60.3 Å². The largest absolute Gasteiger partial charge is 0.494 e. The number of amides is 1. The van der Waals surface area contributed by atoms with Gasteiger partial charge in [-0.05, 0) is 99.1 Å². The lowest BCUT2D eigenvalue weighted by Crippen LogP contribution is -2.41. The number of piperidine rings is 1. The summed E-state index contributed by atoms with van der Waals surface area (Å²) in [6, 6.07) is 13.9. The summed E-state index contributed by atoms with van der Waals surface area (Å²) in [7, 11) is 0. The van der Waals surface area contributed by atoms with Gasteiger partial charge in [0.15, 0.2) is 0 Å². The van der Waals surface area contributed by atoms with Gasteiger partial charge in [0.05, 0.1) is 13.2 Å². The summed E-state index contributed by atoms with van der Waals surface area (Å²) < 4.78 is 11.8. The topological polar surface area (TPSA) is 57.8 Å². The zero-order valence-corrected chi connectivity index (χ0v) is 24.8. The Labute approximate surface area is 244 Å². The Kier molecular flexibility index (Phi) is 9.92. The van der Waals surface area contributed by atoms with Crippen molar-refractivity contribution in [3.05, 3.63) is 64.3 Å². The highest BCUT2D eigenvalue weighted by Crippen LogP contribution is 2.39. The van der Waals surface area contributed by atoms with Gasteiger partial charge in [-0.1, -0.05) is 56.8 Å². The molecule has 0 bridgehead atoms. The highest BCUT2D eigenvalue weighted by molar-refractivity contribution is 6.31. The highest BCUT2D eigenvalue weighted by atomic mass is 35.5. The fourth-order valence-corrected chi connectivity index (χ4v) is 6.21. The van der Waals surface area contributed by atoms with Gasteiger partial charge in [-0.2, -0.15) is 0 Å². The van der Waals surface area contributed by atoms with E-state index < -0.39 is 0 Å². The molecule has 5 rings (SSSR count). The summed E-state index contributed by atoms with van der Waals surface area (Å²) in [4.78, 5) is 21.3. The molecule has 6 nitrogen and oxygen atoms in total. The maximum absolute atomic E-state index is 13.2. The van der Waals surface area contributed by atoms with Crippen LogP contribution in [0.2, 0.25) is 5.02 Å². The summed E-state index contributed by atoms with van der Waals surface area (Å²) in [5, 5.41) is 1.84. The number of aromatic amines is 1. The number of aromatic nitrogens is 1. The van der Waals surface area contributed by atoms with Gasteiger partial charge >= 0.3 is 6.09 Å². The predicted octanol–water partition coefficient (Wildman–Crippen LogP) is 7.99. The van der Waals surface area contributed by atoms with Gasteiger partial charge in [0.25, 0.3) is 0 Å². The van der Waals surface area contributed by atoms with Crippen LogP contribution in [0, 0.1) is 5.92 Å². The maximum atomic E-state index is 13.2. The molecule has 2 aromatic carbocycles. The fraction of sp³-hybridized carbons (Fsp3) is 0.545. The number of H-pyrrole nitrogens is 1. The van der Waals surface area contributed by atoms with Crippen molar-refractivity contribution >= 4 is 28.6 Å². The smallest absolute Gasteiger partial charge is 0.410 e. The Morgan fingerprint density at radius 2 is 1.77 bits per heavy atom. The van der Waals surface area contributed by atoms with E-state index in [4.69, 9.17) is 21.1 Å². The van der Waals surface area contributed by atoms with E-state index >= 15 is 0 Å². The molecule has 1 N–H and O–H groups in total. The molecule has 216 valence electrons. The first-order valence-corrected chi connectivity index (χ1v) is 15.6. The van der Waals surface area contributed by atoms with Crippen molar-refractivity contribution in [1.82, 2.24) is 14.8 Å². The van der Waals surface area contributed by atoms with Crippen molar-refractivity contribution < 1.29 is 14.3 Å². The Morgan fingerprint density at radius 3 is 2.55 bits per heavy atom. The van der Waals surface area contributed by atoms with Gasteiger partial charge in [-0.15, -0.1) is 0 Å². The first-order valence-electron chi connectivity index (χ1n) is 15.2. The van der Waals surface area contributed by atoms with Crippen molar-refractivity contribution in [2.24, 2.45) is 5.92 Å². The molecule has 2 aliphatic rings. The van der Waals surface area contributed by atoms with E-state index in [1.165, 1.54) is 63.7 Å². The number of benzene rings is 2. The third kappa shape index (κ3) is 7.13. The highest BCUT2D eigenvalue weighted by Gasteiger charge is 2.35. The summed E-state index contributed by atoms with van der Waals surface area (Å²) in [5.41, 5.74) is 4.32. The summed E-state index contributed by atoms with van der Waals surface area (Å²) >= 11 is 6.33. The minimum atomic E-state index is -0.276. The molecule has 40 heavy (non-hydrogen) atoms. The number of hydrogen-bond acceptors (Lipinski definition) is 4. The summed E-state index contributed by atoms with van der Waals surface area (Å²) in [6.07, 6.45) is 9.43. The molecule has 0 radical (unpaired) electrons. The Bertz CT molecular complexity index is 1250. The predicted molar refractivity (Wildman–Crippen MR) is 162 cm³/mol. The molecule has 0 saturated carbocycles. The van der Waals surface area contributed by atoms with E-state index in [0.29, 0.717) is 18.2 Å². The van der Waals surface area contributed by atoms with Gasteiger partial charge < -0.3 is 19.4 Å². The van der Waals surface area contributed by atoms with E-state index in [1.807, 2.05) is 35.2 Å². The molecule has 1 fully saturated rings. The van der Waals surface area contributed by atoms with Crippen molar-refractivity contribution in [2.75, 3.05) is 39.4 Å². The average Bonchev–Trinajstić information content (AvgIpc) is 3.33. The molecule has 2 aliphatic heterocycles. The SMILES string of the molecule is CC(C)COC(=O)N1CCc2c([nH]c3ccc(Cl)cc23)C1c1ccc(OCCCCCCN2CCCCC2)cc1. The van der Waals surface area contributed by atoms with Crippen LogP contribution in [0.25, 0.3) is 10.9 Å². The molecule has 1 atom stereocenters. The van der Waals surface area contributed by atoms with Crippen LogP contribution in [0.1, 0.15) is 81.7 Å². The maximum Gasteiger partial charge on any atom is 0.410 e. The second-order valence-corrected chi connectivity index (χ2v) is 12.2. The van der Waals surface area contributed by atoms with E-state index in [2.05, 4.69) is 35.9 Å². The van der Waals surface area contributed by atoms with Gasteiger partial charge in [0.1, 0.15) is 11.8 Å². The molecule has 3 heterocycles. The van der Waals surface area contributed by atoms with Crippen LogP contribution in [0.5, 0.6) is 5.75 Å². The third-order valence-corrected chi connectivity index (χ3v) is 8.38. The van der Waals surface area contributed by atoms with Crippen LogP contribution in [0.4, 0.5) is 4.79 Å². The van der Waals surface area contributed by atoms with Crippen LogP contribution >= 0.6 is 11.6 Å². The van der Waals surface area contributed by atoms with Crippen molar-refractivity contribution in [3.63, 3.8) is 0 Å². The number of ether oxygens (including phenoxy) is 2. The summed E-state index contributed by atoms with van der Waals surface area (Å²) in [5.74, 6) is 1.15. The van der Waals surface area contributed by atoms with E-state index in [9.17, 15) is 4.79 Å². The van der Waals surface area contributed by atoms with Gasteiger partial charge in [-0.3, -0.25) is 4.90 Å². The third-order valence-electron chi connectivity index (χ3n) is 8.15. The Balaban J connectivity index is 1.22. The molecule has 1 saturated heterocycles. The Hall–Kier alpha value is -2.70. The molecule has 1 aromatic heterocycles. The Morgan fingerprint density at radius 1 is 1.00 bits per heavy atom. The number of rotatable bonds is 11. The molecule has 3 aromatic rings. The van der Waals surface area contributed by atoms with Crippen molar-refractivity contribution in [3.8, 4) is 5.75 Å². The molecule has 1 amide bonds. The second-order valence-electron chi connectivity index (χ2n) is 11.8. The monoisotopic (exact) mass is 565 g/mol. The number of fused-ring (bicyclic) bond motifs is 3. The van der Waals surface area contributed by atoms with E-state index in [1.54, 1.807) is 0 Å². The molecule has 0 aliphatic carbocycles. The van der Waals surface area contributed by atoms with E-state index in [-0.39, 0.29) is 18.1 Å². The minimum Gasteiger partial charge on any atom is -0.494 e. The second kappa shape index (κ2) is 13.8. The zero-order valence-electron chi connectivity index (χ0n) is 24.1. The van der Waals surface area contributed by atoms with E-state index in [0.717, 1.165) is 47.4 Å². The molecular weight excluding hydrogens is 522 g/mol. The number of nitrogens with one attached hydrogen (secondary N) is 1. The zero-order chi connectivity index (χ0) is 27.9. The normalized spacial score (nSPS) is 17.8. The molecule has 1 unspecified atom stereocenters. The fourth-order valence-electron chi connectivity index (χ4n) is 6.04. The van der Waals surface area contributed by atoms with Gasteiger partial charge in [0, 0.05) is 28.2 Å². The first kappa shape index (κ1) is 28.8. The number of nitrogens with zero attached hydrogens (tertiary/aromatic N) is 2. The quantitative estimate of drug-likeness (QED) is 0.239. The number of hydrogen-bond donors (Lipinski definition) is 1. The van der Waals surface area contributed by atoms with Gasteiger partial charge in [-0.25, -0.2) is 4.79 Å². The molecule has 0 spiro atoms. The lowest BCUT2D eigenvalue weighted by molar-refractivity contribution is 0.0797. The lowest BCUT2D eigenvalue weighted by Gasteiger charge is -2.35. The van der Waals surface area contributed by atoms with Crippen LogP contribution in [-0.2, 0) is 11.2 Å². The molecule has 7 heteroatoms. The number of carbonyl (C=O) groups is 1. The summed E-state index contributed by atoms with van der Waals surface area (Å²) in [6.45, 7) is 9.64. The van der Waals surface area contributed by atoms with Crippen LogP contribution < -0.4 is 4.74 Å². The minimum absolute atomic E-state index is 0.261. The molecular formula is C33H44ClN3O3. The number of carbonyl (C=O) groups excluding carboxylic acids is 1.